The first-order valence-electron chi connectivity index (χ1n) is 7.77. The third-order valence-corrected chi connectivity index (χ3v) is 4.05. The number of anilines is 1. The molecular formula is C18H19N3O3. The van der Waals surface area contributed by atoms with Crippen LogP contribution in [0.2, 0.25) is 0 Å². The Kier molecular flexibility index (Phi) is 4.74. The number of hydrogen-bond donors (Lipinski definition) is 1. The van der Waals surface area contributed by atoms with Gasteiger partial charge in [0.25, 0.3) is 0 Å². The number of aromatic nitrogens is 1. The molecule has 124 valence electrons. The standard InChI is InChI=1S/C18H19N3O3/c1-24-16-6-4-13(5-7-16)11-21-12-14(9-17(21)22)18(23)20-15-3-2-8-19-10-15/h2-8,10,14H,9,11-12H2,1H3,(H,20,23). The molecule has 0 saturated carbocycles. The van der Waals surface area contributed by atoms with Gasteiger partial charge in [-0.05, 0) is 29.8 Å². The molecular weight excluding hydrogens is 306 g/mol. The van der Waals surface area contributed by atoms with Crippen molar-refractivity contribution in [3.8, 4) is 5.75 Å². The summed E-state index contributed by atoms with van der Waals surface area (Å²) in [6.45, 7) is 0.927. The molecule has 1 unspecified atom stereocenters. The second-order valence-electron chi connectivity index (χ2n) is 5.75. The van der Waals surface area contributed by atoms with Gasteiger partial charge in [-0.1, -0.05) is 12.1 Å². The zero-order valence-electron chi connectivity index (χ0n) is 13.4. The predicted octanol–water partition coefficient (Wildman–Crippen LogP) is 2.08. The van der Waals surface area contributed by atoms with E-state index in [1.54, 1.807) is 36.5 Å². The number of carbonyl (C=O) groups excluding carboxylic acids is 2. The molecule has 0 aliphatic carbocycles. The summed E-state index contributed by atoms with van der Waals surface area (Å²) in [4.78, 5) is 30.2. The van der Waals surface area contributed by atoms with Gasteiger partial charge in [0.2, 0.25) is 11.8 Å². The molecule has 6 heteroatoms. The number of amides is 2. The smallest absolute Gasteiger partial charge is 0.229 e. The molecule has 1 aromatic heterocycles. The van der Waals surface area contributed by atoms with Crippen molar-refractivity contribution < 1.29 is 14.3 Å². The largest absolute Gasteiger partial charge is 0.497 e. The Bertz CT molecular complexity index is 716. The van der Waals surface area contributed by atoms with Crippen LogP contribution in [0, 0.1) is 5.92 Å². The van der Waals surface area contributed by atoms with E-state index in [1.165, 1.54) is 0 Å². The highest BCUT2D eigenvalue weighted by molar-refractivity contribution is 5.97. The Balaban J connectivity index is 1.59. The molecule has 0 spiro atoms. The number of ether oxygens (including phenoxy) is 1. The number of methoxy groups -OCH3 is 1. The normalized spacial score (nSPS) is 17.0. The third-order valence-electron chi connectivity index (χ3n) is 4.05. The van der Waals surface area contributed by atoms with E-state index in [0.717, 1.165) is 11.3 Å². The average Bonchev–Trinajstić information content (AvgIpc) is 2.97. The summed E-state index contributed by atoms with van der Waals surface area (Å²) in [5, 5.41) is 2.81. The van der Waals surface area contributed by atoms with Gasteiger partial charge < -0.3 is 15.0 Å². The maximum absolute atomic E-state index is 12.3. The minimum Gasteiger partial charge on any atom is -0.497 e. The fourth-order valence-corrected chi connectivity index (χ4v) is 2.73. The molecule has 1 saturated heterocycles. The second-order valence-corrected chi connectivity index (χ2v) is 5.75. The van der Waals surface area contributed by atoms with Crippen LogP contribution in [-0.2, 0) is 16.1 Å². The fraction of sp³-hybridized carbons (Fsp3) is 0.278. The lowest BCUT2D eigenvalue weighted by molar-refractivity contribution is -0.128. The number of hydrogen-bond acceptors (Lipinski definition) is 4. The Morgan fingerprint density at radius 2 is 2.12 bits per heavy atom. The van der Waals surface area contributed by atoms with Gasteiger partial charge in [0.15, 0.2) is 0 Å². The molecule has 3 rings (SSSR count). The lowest BCUT2D eigenvalue weighted by atomic mass is 10.1. The van der Waals surface area contributed by atoms with Crippen LogP contribution < -0.4 is 10.1 Å². The van der Waals surface area contributed by atoms with Crippen molar-refractivity contribution >= 4 is 17.5 Å². The van der Waals surface area contributed by atoms with Crippen LogP contribution >= 0.6 is 0 Å². The highest BCUT2D eigenvalue weighted by Crippen LogP contribution is 2.22. The van der Waals surface area contributed by atoms with Gasteiger partial charge in [-0.2, -0.15) is 0 Å². The molecule has 6 nitrogen and oxygen atoms in total. The molecule has 24 heavy (non-hydrogen) atoms. The van der Waals surface area contributed by atoms with Crippen molar-refractivity contribution in [3.05, 3.63) is 54.4 Å². The fourth-order valence-electron chi connectivity index (χ4n) is 2.73. The second kappa shape index (κ2) is 7.12. The lowest BCUT2D eigenvalue weighted by Gasteiger charge is -2.17. The van der Waals surface area contributed by atoms with Gasteiger partial charge >= 0.3 is 0 Å². The molecule has 0 bridgehead atoms. The first kappa shape index (κ1) is 16.0. The molecule has 2 amide bonds. The molecule has 0 radical (unpaired) electrons. The molecule has 1 atom stereocenters. The van der Waals surface area contributed by atoms with Crippen molar-refractivity contribution in [1.82, 2.24) is 9.88 Å². The van der Waals surface area contributed by atoms with E-state index >= 15 is 0 Å². The van der Waals surface area contributed by atoms with E-state index < -0.39 is 0 Å². The molecule has 1 N–H and O–H groups in total. The Morgan fingerprint density at radius 1 is 1.33 bits per heavy atom. The Hall–Kier alpha value is -2.89. The molecule has 2 aromatic rings. The van der Waals surface area contributed by atoms with E-state index in [2.05, 4.69) is 10.3 Å². The van der Waals surface area contributed by atoms with Crippen molar-refractivity contribution in [2.75, 3.05) is 19.0 Å². The van der Waals surface area contributed by atoms with Crippen LogP contribution in [0.5, 0.6) is 5.75 Å². The zero-order chi connectivity index (χ0) is 16.9. The van der Waals surface area contributed by atoms with Crippen LogP contribution in [0.15, 0.2) is 48.8 Å². The van der Waals surface area contributed by atoms with E-state index in [9.17, 15) is 9.59 Å². The minimum absolute atomic E-state index is 0.00263. The van der Waals surface area contributed by atoms with Crippen molar-refractivity contribution in [2.45, 2.75) is 13.0 Å². The molecule has 1 aliphatic heterocycles. The summed E-state index contributed by atoms with van der Waals surface area (Å²) in [5.41, 5.74) is 1.65. The minimum atomic E-state index is -0.337. The summed E-state index contributed by atoms with van der Waals surface area (Å²) in [7, 11) is 1.62. The molecule has 1 aliphatic rings. The summed E-state index contributed by atoms with van der Waals surface area (Å²) >= 11 is 0. The van der Waals surface area contributed by atoms with Gasteiger partial charge in [0.1, 0.15) is 5.75 Å². The number of likely N-dealkylation sites (tertiary alicyclic amines) is 1. The SMILES string of the molecule is COc1ccc(CN2CC(C(=O)Nc3cccnc3)CC2=O)cc1. The van der Waals surface area contributed by atoms with E-state index in [1.807, 2.05) is 24.3 Å². The highest BCUT2D eigenvalue weighted by atomic mass is 16.5. The maximum Gasteiger partial charge on any atom is 0.229 e. The van der Waals surface area contributed by atoms with Crippen molar-refractivity contribution in [1.29, 1.82) is 0 Å². The van der Waals surface area contributed by atoms with Gasteiger partial charge in [0.05, 0.1) is 24.9 Å². The van der Waals surface area contributed by atoms with Gasteiger partial charge in [-0.25, -0.2) is 0 Å². The van der Waals surface area contributed by atoms with Crippen LogP contribution in [-0.4, -0.2) is 35.4 Å². The third kappa shape index (κ3) is 3.71. The number of pyridine rings is 1. The van der Waals surface area contributed by atoms with Crippen LogP contribution in [0.4, 0.5) is 5.69 Å². The van der Waals surface area contributed by atoms with Gasteiger partial charge in [-0.3, -0.25) is 14.6 Å². The summed E-state index contributed by atoms with van der Waals surface area (Å²) in [5.74, 6) is 0.293. The van der Waals surface area contributed by atoms with E-state index in [-0.39, 0.29) is 24.2 Å². The first-order valence-corrected chi connectivity index (χ1v) is 7.77. The van der Waals surface area contributed by atoms with Crippen molar-refractivity contribution in [3.63, 3.8) is 0 Å². The average molecular weight is 325 g/mol. The van der Waals surface area contributed by atoms with Crippen LogP contribution in [0.1, 0.15) is 12.0 Å². The number of carbonyl (C=O) groups is 2. The van der Waals surface area contributed by atoms with Gasteiger partial charge in [-0.15, -0.1) is 0 Å². The number of rotatable bonds is 5. The van der Waals surface area contributed by atoms with Gasteiger partial charge in [0, 0.05) is 25.7 Å². The van der Waals surface area contributed by atoms with E-state index in [4.69, 9.17) is 4.74 Å². The topological polar surface area (TPSA) is 71.5 Å². The quantitative estimate of drug-likeness (QED) is 0.913. The van der Waals surface area contributed by atoms with E-state index in [0.29, 0.717) is 18.8 Å². The summed E-state index contributed by atoms with van der Waals surface area (Å²) in [6.07, 6.45) is 3.47. The van der Waals surface area contributed by atoms with Crippen LogP contribution in [0.25, 0.3) is 0 Å². The Morgan fingerprint density at radius 3 is 2.79 bits per heavy atom. The Labute approximate surface area is 140 Å². The predicted molar refractivity (Wildman–Crippen MR) is 89.4 cm³/mol. The number of benzene rings is 1. The zero-order valence-corrected chi connectivity index (χ0v) is 13.4. The van der Waals surface area contributed by atoms with Crippen LogP contribution in [0.3, 0.4) is 0 Å². The maximum atomic E-state index is 12.3. The molecule has 2 heterocycles. The first-order chi connectivity index (χ1) is 11.7. The van der Waals surface area contributed by atoms with Crippen molar-refractivity contribution in [2.24, 2.45) is 5.92 Å². The number of nitrogens with one attached hydrogen (secondary N) is 1. The summed E-state index contributed by atoms with van der Waals surface area (Å²) in [6, 6.07) is 11.1. The lowest BCUT2D eigenvalue weighted by Crippen LogP contribution is -2.28. The monoisotopic (exact) mass is 325 g/mol. The molecule has 1 fully saturated rings. The summed E-state index contributed by atoms with van der Waals surface area (Å²) < 4.78 is 5.13. The highest BCUT2D eigenvalue weighted by Gasteiger charge is 2.34. The number of nitrogens with zero attached hydrogens (tertiary/aromatic N) is 2. The molecule has 1 aromatic carbocycles.